The van der Waals surface area contributed by atoms with Crippen LogP contribution < -0.4 is 10.6 Å². The maximum atomic E-state index is 6.14. The third kappa shape index (κ3) is 6.84. The molecule has 6 heteroatoms. The van der Waals surface area contributed by atoms with Crippen LogP contribution in [0.3, 0.4) is 0 Å². The van der Waals surface area contributed by atoms with Crippen molar-refractivity contribution in [1.82, 2.24) is 10.6 Å². The molecule has 5 nitrogen and oxygen atoms in total. The van der Waals surface area contributed by atoms with Crippen molar-refractivity contribution in [3.05, 3.63) is 34.9 Å². The quantitative estimate of drug-likeness (QED) is 0.358. The van der Waals surface area contributed by atoms with E-state index in [0.29, 0.717) is 13.2 Å². The van der Waals surface area contributed by atoms with Crippen LogP contribution >= 0.6 is 11.6 Å². The van der Waals surface area contributed by atoms with Crippen molar-refractivity contribution >= 4 is 17.6 Å². The van der Waals surface area contributed by atoms with Gasteiger partial charge in [-0.3, -0.25) is 4.99 Å². The van der Waals surface area contributed by atoms with Gasteiger partial charge in [-0.1, -0.05) is 23.7 Å². The molecule has 2 N–H and O–H groups in total. The molecule has 1 fully saturated rings. The van der Waals surface area contributed by atoms with Gasteiger partial charge in [0.2, 0.25) is 0 Å². The molecular formula is C19H30ClN3O2. The topological polar surface area (TPSA) is 54.9 Å². The highest BCUT2D eigenvalue weighted by atomic mass is 35.5. The highest BCUT2D eigenvalue weighted by Gasteiger charge is 2.44. The lowest BCUT2D eigenvalue weighted by Gasteiger charge is -2.16. The average molecular weight is 368 g/mol. The predicted molar refractivity (Wildman–Crippen MR) is 104 cm³/mol. The first-order valence-corrected chi connectivity index (χ1v) is 9.43. The highest BCUT2D eigenvalue weighted by Crippen LogP contribution is 2.48. The van der Waals surface area contributed by atoms with Gasteiger partial charge in [0, 0.05) is 37.2 Å². The molecule has 0 aromatic heterocycles. The van der Waals surface area contributed by atoms with Gasteiger partial charge in [0.05, 0.1) is 19.8 Å². The standard InChI is InChI=1S/C19H30ClN3O2/c1-3-21-18(22-10-5-11-25-13-12-24-2)23-15-19(8-9-19)16-6-4-7-17(20)14-16/h4,6-7,14H,3,5,8-13,15H2,1-2H3,(H2,21,22,23). The number of hydrogen-bond acceptors (Lipinski definition) is 3. The van der Waals surface area contributed by atoms with Crippen LogP contribution in [0.5, 0.6) is 0 Å². The van der Waals surface area contributed by atoms with Crippen molar-refractivity contribution in [3.63, 3.8) is 0 Å². The molecule has 25 heavy (non-hydrogen) atoms. The zero-order valence-corrected chi connectivity index (χ0v) is 16.1. The summed E-state index contributed by atoms with van der Waals surface area (Å²) in [7, 11) is 1.68. The van der Waals surface area contributed by atoms with E-state index in [4.69, 9.17) is 26.1 Å². The third-order valence-corrected chi connectivity index (χ3v) is 4.60. The minimum absolute atomic E-state index is 0.163. The van der Waals surface area contributed by atoms with Gasteiger partial charge >= 0.3 is 0 Å². The van der Waals surface area contributed by atoms with Crippen molar-refractivity contribution in [2.75, 3.05) is 46.6 Å². The predicted octanol–water partition coefficient (Wildman–Crippen LogP) is 2.98. The molecule has 1 aromatic rings. The van der Waals surface area contributed by atoms with E-state index in [1.54, 1.807) is 7.11 Å². The van der Waals surface area contributed by atoms with E-state index >= 15 is 0 Å². The molecule has 140 valence electrons. The number of guanidine groups is 1. The minimum atomic E-state index is 0.163. The van der Waals surface area contributed by atoms with Crippen molar-refractivity contribution in [3.8, 4) is 0 Å². The molecular weight excluding hydrogens is 338 g/mol. The number of nitrogens with zero attached hydrogens (tertiary/aromatic N) is 1. The molecule has 0 heterocycles. The van der Waals surface area contributed by atoms with E-state index in [0.717, 1.165) is 43.6 Å². The monoisotopic (exact) mass is 367 g/mol. The Bertz CT molecular complexity index is 547. The average Bonchev–Trinajstić information content (AvgIpc) is 3.40. The minimum Gasteiger partial charge on any atom is -0.382 e. The summed E-state index contributed by atoms with van der Waals surface area (Å²) >= 11 is 6.14. The van der Waals surface area contributed by atoms with Crippen LogP contribution in [0.4, 0.5) is 0 Å². The molecule has 0 radical (unpaired) electrons. The summed E-state index contributed by atoms with van der Waals surface area (Å²) in [5, 5.41) is 7.48. The Balaban J connectivity index is 1.79. The smallest absolute Gasteiger partial charge is 0.191 e. The van der Waals surface area contributed by atoms with Crippen LogP contribution in [-0.4, -0.2) is 52.5 Å². The van der Waals surface area contributed by atoms with Crippen LogP contribution in [0.25, 0.3) is 0 Å². The summed E-state index contributed by atoms with van der Waals surface area (Å²) < 4.78 is 10.4. The van der Waals surface area contributed by atoms with Crippen molar-refractivity contribution in [1.29, 1.82) is 0 Å². The normalized spacial score (nSPS) is 15.9. The van der Waals surface area contributed by atoms with Gasteiger partial charge in [-0.05, 0) is 43.9 Å². The van der Waals surface area contributed by atoms with E-state index in [2.05, 4.69) is 29.7 Å². The van der Waals surface area contributed by atoms with Crippen LogP contribution in [0.1, 0.15) is 31.7 Å². The fourth-order valence-electron chi connectivity index (χ4n) is 2.70. The molecule has 1 aliphatic carbocycles. The Labute approximate surface area is 156 Å². The number of benzene rings is 1. The Morgan fingerprint density at radius 3 is 2.76 bits per heavy atom. The van der Waals surface area contributed by atoms with E-state index < -0.39 is 0 Å². The Kier molecular flexibility index (Phi) is 8.52. The first kappa shape index (κ1) is 20.0. The number of hydrogen-bond donors (Lipinski definition) is 2. The van der Waals surface area contributed by atoms with Gasteiger partial charge in [-0.25, -0.2) is 0 Å². The third-order valence-electron chi connectivity index (χ3n) is 4.36. The largest absolute Gasteiger partial charge is 0.382 e. The summed E-state index contributed by atoms with van der Waals surface area (Å²) in [5.41, 5.74) is 1.46. The molecule has 2 rings (SSSR count). The summed E-state index contributed by atoms with van der Waals surface area (Å²) in [5.74, 6) is 0.868. The van der Waals surface area contributed by atoms with E-state index in [1.165, 1.54) is 18.4 Å². The number of rotatable bonds is 11. The van der Waals surface area contributed by atoms with E-state index in [9.17, 15) is 0 Å². The van der Waals surface area contributed by atoms with Gasteiger partial charge in [0.25, 0.3) is 0 Å². The maximum Gasteiger partial charge on any atom is 0.191 e. The second-order valence-corrected chi connectivity index (χ2v) is 6.81. The fraction of sp³-hybridized carbons (Fsp3) is 0.632. The number of methoxy groups -OCH3 is 1. The van der Waals surface area contributed by atoms with Crippen LogP contribution in [-0.2, 0) is 14.9 Å². The Hall–Kier alpha value is -1.30. The Morgan fingerprint density at radius 2 is 2.08 bits per heavy atom. The highest BCUT2D eigenvalue weighted by molar-refractivity contribution is 6.30. The first-order valence-electron chi connectivity index (χ1n) is 9.05. The van der Waals surface area contributed by atoms with Crippen molar-refractivity contribution in [2.24, 2.45) is 4.99 Å². The van der Waals surface area contributed by atoms with Crippen molar-refractivity contribution < 1.29 is 9.47 Å². The zero-order valence-electron chi connectivity index (χ0n) is 15.3. The molecule has 0 unspecified atom stereocenters. The molecule has 0 spiro atoms. The van der Waals surface area contributed by atoms with Crippen molar-refractivity contribution in [2.45, 2.75) is 31.6 Å². The lowest BCUT2D eigenvalue weighted by molar-refractivity contribution is 0.0698. The molecule has 0 bridgehead atoms. The molecule has 1 saturated carbocycles. The number of halogens is 1. The number of ether oxygens (including phenoxy) is 2. The second-order valence-electron chi connectivity index (χ2n) is 6.37. The molecule has 0 saturated heterocycles. The lowest BCUT2D eigenvalue weighted by Crippen LogP contribution is -2.38. The summed E-state index contributed by atoms with van der Waals surface area (Å²) in [6.45, 7) is 6.56. The first-order chi connectivity index (χ1) is 12.2. The van der Waals surface area contributed by atoms with E-state index in [-0.39, 0.29) is 5.41 Å². The van der Waals surface area contributed by atoms with Gasteiger partial charge in [-0.15, -0.1) is 0 Å². The summed E-state index contributed by atoms with van der Waals surface area (Å²) in [6, 6.07) is 8.17. The summed E-state index contributed by atoms with van der Waals surface area (Å²) in [4.78, 5) is 4.79. The number of nitrogens with one attached hydrogen (secondary N) is 2. The van der Waals surface area contributed by atoms with E-state index in [1.807, 2.05) is 12.1 Å². The Morgan fingerprint density at radius 1 is 1.24 bits per heavy atom. The van der Waals surface area contributed by atoms with Gasteiger partial charge in [0.1, 0.15) is 0 Å². The maximum absolute atomic E-state index is 6.14. The van der Waals surface area contributed by atoms with Crippen LogP contribution in [0.2, 0.25) is 5.02 Å². The van der Waals surface area contributed by atoms with Crippen LogP contribution in [0.15, 0.2) is 29.3 Å². The van der Waals surface area contributed by atoms with Gasteiger partial charge in [-0.2, -0.15) is 0 Å². The van der Waals surface area contributed by atoms with Crippen LogP contribution in [0, 0.1) is 0 Å². The zero-order chi connectivity index (χ0) is 18.0. The molecule has 1 aliphatic rings. The molecule has 1 aromatic carbocycles. The number of aliphatic imine (C=N–C) groups is 1. The van der Waals surface area contributed by atoms with Gasteiger partial charge < -0.3 is 20.1 Å². The molecule has 0 amide bonds. The summed E-state index contributed by atoms with van der Waals surface area (Å²) in [6.07, 6.45) is 3.28. The molecule has 0 aliphatic heterocycles. The molecule has 0 atom stereocenters. The lowest BCUT2D eigenvalue weighted by atomic mass is 9.96. The second kappa shape index (κ2) is 10.6. The van der Waals surface area contributed by atoms with Gasteiger partial charge in [0.15, 0.2) is 5.96 Å². The fourth-order valence-corrected chi connectivity index (χ4v) is 2.90. The SMILES string of the molecule is CCNC(=NCC1(c2cccc(Cl)c2)CC1)NCCCOCCOC.